The molecule has 5 nitrogen and oxygen atoms in total. The van der Waals surface area contributed by atoms with Gasteiger partial charge >= 0.3 is 6.18 Å². The van der Waals surface area contributed by atoms with E-state index in [1.165, 1.54) is 19.1 Å². The van der Waals surface area contributed by atoms with Crippen LogP contribution in [0.4, 0.5) is 24.5 Å². The van der Waals surface area contributed by atoms with Crippen molar-refractivity contribution in [1.29, 1.82) is 0 Å². The largest absolute Gasteiger partial charge is 0.418 e. The molecule has 2 N–H and O–H groups in total. The van der Waals surface area contributed by atoms with Gasteiger partial charge in [0.25, 0.3) is 10.0 Å². The zero-order chi connectivity index (χ0) is 18.8. The number of carbonyl (C=O) groups is 1. The SMILES string of the molecule is CC(=O)Nc1ccc(S(=O)(=O)Nc2ccc(Cl)cc2C(F)(F)F)cc1. The van der Waals surface area contributed by atoms with Gasteiger partial charge in [0.2, 0.25) is 5.91 Å². The van der Waals surface area contributed by atoms with Crippen molar-refractivity contribution < 1.29 is 26.4 Å². The monoisotopic (exact) mass is 392 g/mol. The van der Waals surface area contributed by atoms with E-state index in [1.54, 1.807) is 0 Å². The third kappa shape index (κ3) is 4.86. The van der Waals surface area contributed by atoms with Crippen molar-refractivity contribution in [2.24, 2.45) is 0 Å². The first-order valence-electron chi connectivity index (χ1n) is 6.76. The van der Waals surface area contributed by atoms with Gasteiger partial charge < -0.3 is 5.32 Å². The lowest BCUT2D eigenvalue weighted by Gasteiger charge is -2.15. The molecule has 0 unspecified atom stereocenters. The maximum Gasteiger partial charge on any atom is 0.418 e. The van der Waals surface area contributed by atoms with Crippen molar-refractivity contribution in [3.8, 4) is 0 Å². The van der Waals surface area contributed by atoms with Gasteiger partial charge in [-0.2, -0.15) is 13.2 Å². The van der Waals surface area contributed by atoms with E-state index in [9.17, 15) is 26.4 Å². The Bertz CT molecular complexity index is 897. The molecule has 0 aliphatic heterocycles. The predicted octanol–water partition coefficient (Wildman–Crippen LogP) is 4.12. The molecule has 134 valence electrons. The molecule has 2 rings (SSSR count). The van der Waals surface area contributed by atoms with Crippen molar-refractivity contribution in [1.82, 2.24) is 0 Å². The van der Waals surface area contributed by atoms with Gasteiger partial charge in [0, 0.05) is 17.6 Å². The zero-order valence-electron chi connectivity index (χ0n) is 12.7. The van der Waals surface area contributed by atoms with Crippen LogP contribution in [0.15, 0.2) is 47.4 Å². The highest BCUT2D eigenvalue weighted by atomic mass is 35.5. The van der Waals surface area contributed by atoms with E-state index in [0.717, 1.165) is 24.3 Å². The number of hydrogen-bond donors (Lipinski definition) is 2. The molecular formula is C15H12ClF3N2O3S. The molecule has 0 aliphatic carbocycles. The molecule has 0 heterocycles. The van der Waals surface area contributed by atoms with E-state index in [1.807, 2.05) is 4.72 Å². The summed E-state index contributed by atoms with van der Waals surface area (Å²) in [4.78, 5) is 10.7. The lowest BCUT2D eigenvalue weighted by Crippen LogP contribution is -2.17. The molecule has 0 fully saturated rings. The molecule has 0 saturated heterocycles. The Balaban J connectivity index is 2.35. The van der Waals surface area contributed by atoms with Gasteiger partial charge in [0.15, 0.2) is 0 Å². The van der Waals surface area contributed by atoms with Crippen LogP contribution in [0.3, 0.4) is 0 Å². The summed E-state index contributed by atoms with van der Waals surface area (Å²) < 4.78 is 65.6. The minimum atomic E-state index is -4.78. The molecule has 25 heavy (non-hydrogen) atoms. The second kappa shape index (κ2) is 6.93. The summed E-state index contributed by atoms with van der Waals surface area (Å²) in [6, 6.07) is 7.70. The first kappa shape index (κ1) is 19.1. The molecule has 0 spiro atoms. The minimum absolute atomic E-state index is 0.171. The van der Waals surface area contributed by atoms with Gasteiger partial charge in [-0.15, -0.1) is 0 Å². The topological polar surface area (TPSA) is 75.3 Å². The summed E-state index contributed by atoms with van der Waals surface area (Å²) in [5, 5.41) is 2.28. The maximum absolute atomic E-state index is 13.0. The number of hydrogen-bond acceptors (Lipinski definition) is 3. The molecule has 0 aromatic heterocycles. The van der Waals surface area contributed by atoms with Crippen LogP contribution in [-0.2, 0) is 21.0 Å². The van der Waals surface area contributed by atoms with Crippen LogP contribution < -0.4 is 10.0 Å². The predicted molar refractivity (Wildman–Crippen MR) is 88.0 cm³/mol. The summed E-state index contributed by atoms with van der Waals surface area (Å²) >= 11 is 5.56. The van der Waals surface area contributed by atoms with E-state index in [0.29, 0.717) is 11.8 Å². The molecule has 2 aromatic rings. The Hall–Kier alpha value is -2.26. The van der Waals surface area contributed by atoms with E-state index >= 15 is 0 Å². The number of sulfonamides is 1. The van der Waals surface area contributed by atoms with Crippen LogP contribution in [0.25, 0.3) is 0 Å². The molecule has 0 aliphatic rings. The Morgan fingerprint density at radius 2 is 1.68 bits per heavy atom. The summed E-state index contributed by atoms with van der Waals surface area (Å²) in [5.41, 5.74) is -1.48. The standard InChI is InChI=1S/C15H12ClF3N2O3S/c1-9(22)20-11-3-5-12(6-4-11)25(23,24)21-14-7-2-10(16)8-13(14)15(17,18)19/h2-8,21H,1H3,(H,20,22). The lowest BCUT2D eigenvalue weighted by atomic mass is 10.2. The normalized spacial score (nSPS) is 11.9. The lowest BCUT2D eigenvalue weighted by molar-refractivity contribution is -0.136. The third-order valence-corrected chi connectivity index (χ3v) is 4.63. The molecule has 1 amide bonds. The van der Waals surface area contributed by atoms with E-state index in [2.05, 4.69) is 5.32 Å². The van der Waals surface area contributed by atoms with Gasteiger partial charge in [0.05, 0.1) is 16.1 Å². The highest BCUT2D eigenvalue weighted by molar-refractivity contribution is 7.92. The van der Waals surface area contributed by atoms with Crippen molar-refractivity contribution in [2.75, 3.05) is 10.0 Å². The van der Waals surface area contributed by atoms with Crippen molar-refractivity contribution in [2.45, 2.75) is 18.0 Å². The van der Waals surface area contributed by atoms with Gasteiger partial charge in [-0.1, -0.05) is 11.6 Å². The van der Waals surface area contributed by atoms with Crippen LogP contribution >= 0.6 is 11.6 Å². The van der Waals surface area contributed by atoms with Gasteiger partial charge in [-0.25, -0.2) is 8.42 Å². The Kier molecular flexibility index (Phi) is 5.28. The van der Waals surface area contributed by atoms with Crippen LogP contribution in [0, 0.1) is 0 Å². The Morgan fingerprint density at radius 1 is 1.08 bits per heavy atom. The van der Waals surface area contributed by atoms with Crippen molar-refractivity contribution in [3.05, 3.63) is 53.1 Å². The number of alkyl halides is 3. The quantitative estimate of drug-likeness (QED) is 0.821. The molecule has 2 aromatic carbocycles. The highest BCUT2D eigenvalue weighted by Gasteiger charge is 2.35. The van der Waals surface area contributed by atoms with Gasteiger partial charge in [-0.05, 0) is 42.5 Å². The number of amides is 1. The van der Waals surface area contributed by atoms with Gasteiger partial charge in [0.1, 0.15) is 0 Å². The average Bonchev–Trinajstić information content (AvgIpc) is 2.48. The van der Waals surface area contributed by atoms with Crippen LogP contribution in [0.1, 0.15) is 12.5 Å². The summed E-state index contributed by atoms with van der Waals surface area (Å²) in [7, 11) is -4.26. The molecule has 10 heteroatoms. The van der Waals surface area contributed by atoms with E-state index in [4.69, 9.17) is 11.6 Å². The number of benzene rings is 2. The first-order valence-corrected chi connectivity index (χ1v) is 8.62. The Morgan fingerprint density at radius 3 is 2.20 bits per heavy atom. The number of rotatable bonds is 4. The average molecular weight is 393 g/mol. The summed E-state index contributed by atoms with van der Waals surface area (Å²) in [5.74, 6) is -0.343. The van der Waals surface area contributed by atoms with Crippen molar-refractivity contribution >= 4 is 38.9 Å². The fraction of sp³-hybridized carbons (Fsp3) is 0.133. The smallest absolute Gasteiger partial charge is 0.326 e. The summed E-state index contributed by atoms with van der Waals surface area (Å²) in [6.45, 7) is 1.28. The number of anilines is 2. The van der Waals surface area contributed by atoms with E-state index in [-0.39, 0.29) is 15.8 Å². The summed E-state index contributed by atoms with van der Waals surface area (Å²) in [6.07, 6.45) is -4.78. The Labute approximate surface area is 146 Å². The zero-order valence-corrected chi connectivity index (χ0v) is 14.3. The second-order valence-corrected chi connectivity index (χ2v) is 7.12. The minimum Gasteiger partial charge on any atom is -0.326 e. The first-order chi connectivity index (χ1) is 11.5. The molecule has 0 radical (unpaired) electrons. The highest BCUT2D eigenvalue weighted by Crippen LogP contribution is 2.37. The van der Waals surface area contributed by atoms with E-state index < -0.39 is 27.5 Å². The van der Waals surface area contributed by atoms with Crippen LogP contribution in [0.2, 0.25) is 5.02 Å². The molecule has 0 atom stereocenters. The fourth-order valence-electron chi connectivity index (χ4n) is 1.96. The molecular weight excluding hydrogens is 381 g/mol. The molecule has 0 bridgehead atoms. The molecule has 0 saturated carbocycles. The maximum atomic E-state index is 13.0. The van der Waals surface area contributed by atoms with Gasteiger partial charge in [-0.3, -0.25) is 9.52 Å². The second-order valence-electron chi connectivity index (χ2n) is 5.00. The number of carbonyl (C=O) groups excluding carboxylic acids is 1. The number of nitrogens with one attached hydrogen (secondary N) is 2. The third-order valence-electron chi connectivity index (χ3n) is 3.02. The fourth-order valence-corrected chi connectivity index (χ4v) is 3.22. The van der Waals surface area contributed by atoms with Crippen LogP contribution in [-0.4, -0.2) is 14.3 Å². The van der Waals surface area contributed by atoms with Crippen LogP contribution in [0.5, 0.6) is 0 Å². The number of halogens is 4. The van der Waals surface area contributed by atoms with Crippen molar-refractivity contribution in [3.63, 3.8) is 0 Å².